The number of rotatable bonds is 4. The summed E-state index contributed by atoms with van der Waals surface area (Å²) in [6, 6.07) is 5.24. The van der Waals surface area contributed by atoms with E-state index in [0.717, 1.165) is 4.47 Å². The lowest BCUT2D eigenvalue weighted by Crippen LogP contribution is -2.16. The van der Waals surface area contributed by atoms with Crippen molar-refractivity contribution in [3.8, 4) is 0 Å². The molecule has 0 aliphatic rings. The number of methoxy groups -OCH3 is 1. The van der Waals surface area contributed by atoms with Crippen molar-refractivity contribution in [2.24, 2.45) is 5.92 Å². The molecule has 0 bridgehead atoms. The molecule has 0 radical (unpaired) electrons. The molecule has 17 heavy (non-hydrogen) atoms. The molecule has 5 heteroatoms. The third kappa shape index (κ3) is 3.98. The van der Waals surface area contributed by atoms with Crippen LogP contribution in [0.5, 0.6) is 0 Å². The first-order valence-corrected chi connectivity index (χ1v) is 6.33. The lowest BCUT2D eigenvalue weighted by atomic mass is 9.98. The molecule has 1 rings (SSSR count). The van der Waals surface area contributed by atoms with E-state index in [1.54, 1.807) is 25.1 Å². The molecule has 2 atom stereocenters. The van der Waals surface area contributed by atoms with Crippen molar-refractivity contribution in [3.05, 3.63) is 33.3 Å². The smallest absolute Gasteiger partial charge is 0.308 e. The number of hydrogen-bond donors (Lipinski definition) is 1. The SMILES string of the molecule is COC(=O)C(C)CC(O)c1cc(Br)ccc1Cl. The van der Waals surface area contributed by atoms with Crippen molar-refractivity contribution < 1.29 is 14.6 Å². The van der Waals surface area contributed by atoms with Crippen LogP contribution >= 0.6 is 27.5 Å². The molecular formula is C12H14BrClO3. The molecule has 1 aromatic carbocycles. The van der Waals surface area contributed by atoms with Crippen LogP contribution in [0.2, 0.25) is 5.02 Å². The quantitative estimate of drug-likeness (QED) is 0.865. The van der Waals surface area contributed by atoms with Crippen LogP contribution in [0.25, 0.3) is 0 Å². The number of aliphatic hydroxyl groups excluding tert-OH is 1. The van der Waals surface area contributed by atoms with Crippen LogP contribution in [0, 0.1) is 5.92 Å². The predicted octanol–water partition coefficient (Wildman–Crippen LogP) is 3.34. The molecule has 94 valence electrons. The Morgan fingerprint density at radius 2 is 2.24 bits per heavy atom. The van der Waals surface area contributed by atoms with Gasteiger partial charge in [-0.25, -0.2) is 0 Å². The minimum absolute atomic E-state index is 0.281. The zero-order valence-electron chi connectivity index (χ0n) is 9.61. The van der Waals surface area contributed by atoms with Crippen LogP contribution in [0.1, 0.15) is 25.0 Å². The van der Waals surface area contributed by atoms with E-state index in [4.69, 9.17) is 11.6 Å². The van der Waals surface area contributed by atoms with Gasteiger partial charge in [-0.2, -0.15) is 0 Å². The maximum Gasteiger partial charge on any atom is 0.308 e. The fraction of sp³-hybridized carbons (Fsp3) is 0.417. The van der Waals surface area contributed by atoms with Gasteiger partial charge in [0.25, 0.3) is 0 Å². The van der Waals surface area contributed by atoms with E-state index in [-0.39, 0.29) is 18.3 Å². The Morgan fingerprint density at radius 3 is 2.82 bits per heavy atom. The summed E-state index contributed by atoms with van der Waals surface area (Å²) >= 11 is 9.30. The van der Waals surface area contributed by atoms with E-state index < -0.39 is 6.10 Å². The normalized spacial score (nSPS) is 14.2. The van der Waals surface area contributed by atoms with Crippen molar-refractivity contribution in [2.45, 2.75) is 19.4 Å². The third-order valence-corrected chi connectivity index (χ3v) is 3.33. The summed E-state index contributed by atoms with van der Waals surface area (Å²) in [5.41, 5.74) is 0.608. The molecular weight excluding hydrogens is 307 g/mol. The highest BCUT2D eigenvalue weighted by atomic mass is 79.9. The molecule has 3 nitrogen and oxygen atoms in total. The van der Waals surface area contributed by atoms with Gasteiger partial charge >= 0.3 is 5.97 Å². The van der Waals surface area contributed by atoms with E-state index in [1.165, 1.54) is 7.11 Å². The molecule has 0 aliphatic carbocycles. The highest BCUT2D eigenvalue weighted by Crippen LogP contribution is 2.30. The first kappa shape index (κ1) is 14.5. The Morgan fingerprint density at radius 1 is 1.59 bits per heavy atom. The standard InChI is InChI=1S/C12H14BrClO3/c1-7(12(16)17-2)5-11(15)9-6-8(13)3-4-10(9)14/h3-4,6-7,11,15H,5H2,1-2H3. The van der Waals surface area contributed by atoms with E-state index in [0.29, 0.717) is 10.6 Å². The van der Waals surface area contributed by atoms with Crippen LogP contribution in [-0.4, -0.2) is 18.2 Å². The number of carbonyl (C=O) groups is 1. The monoisotopic (exact) mass is 320 g/mol. The zero-order chi connectivity index (χ0) is 13.0. The fourth-order valence-electron chi connectivity index (χ4n) is 1.53. The zero-order valence-corrected chi connectivity index (χ0v) is 12.0. The maximum atomic E-state index is 11.3. The minimum Gasteiger partial charge on any atom is -0.469 e. The Kier molecular flexibility index (Phi) is 5.43. The van der Waals surface area contributed by atoms with Gasteiger partial charge in [0.2, 0.25) is 0 Å². The molecule has 2 unspecified atom stereocenters. The number of carbonyl (C=O) groups excluding carboxylic acids is 1. The largest absolute Gasteiger partial charge is 0.469 e. The number of esters is 1. The molecule has 0 spiro atoms. The van der Waals surface area contributed by atoms with Crippen molar-refractivity contribution in [2.75, 3.05) is 7.11 Å². The van der Waals surface area contributed by atoms with Crippen molar-refractivity contribution in [1.82, 2.24) is 0 Å². The van der Waals surface area contributed by atoms with Gasteiger partial charge < -0.3 is 9.84 Å². The molecule has 0 saturated carbocycles. The molecule has 0 aromatic heterocycles. The lowest BCUT2D eigenvalue weighted by Gasteiger charge is -2.16. The van der Waals surface area contributed by atoms with Gasteiger partial charge in [-0.15, -0.1) is 0 Å². The molecule has 0 heterocycles. The van der Waals surface area contributed by atoms with Crippen LogP contribution < -0.4 is 0 Å². The molecule has 0 amide bonds. The maximum absolute atomic E-state index is 11.3. The number of halogens is 2. The van der Waals surface area contributed by atoms with Crippen LogP contribution in [0.3, 0.4) is 0 Å². The number of hydrogen-bond acceptors (Lipinski definition) is 3. The average Bonchev–Trinajstić information content (AvgIpc) is 2.30. The topological polar surface area (TPSA) is 46.5 Å². The summed E-state index contributed by atoms with van der Waals surface area (Å²) in [5, 5.41) is 10.5. The fourth-order valence-corrected chi connectivity index (χ4v) is 2.15. The molecule has 1 N–H and O–H groups in total. The Hall–Kier alpha value is -0.580. The van der Waals surface area contributed by atoms with Crippen molar-refractivity contribution in [1.29, 1.82) is 0 Å². The van der Waals surface area contributed by atoms with E-state index in [1.807, 2.05) is 0 Å². The minimum atomic E-state index is -0.783. The molecule has 0 fully saturated rings. The summed E-state index contributed by atoms with van der Waals surface area (Å²) in [6.45, 7) is 1.71. The Balaban J connectivity index is 2.79. The second-order valence-electron chi connectivity index (χ2n) is 3.84. The van der Waals surface area contributed by atoms with Gasteiger partial charge in [0.1, 0.15) is 0 Å². The predicted molar refractivity (Wildman–Crippen MR) is 69.9 cm³/mol. The highest BCUT2D eigenvalue weighted by molar-refractivity contribution is 9.10. The molecule has 1 aromatic rings. The summed E-state index contributed by atoms with van der Waals surface area (Å²) in [6.07, 6.45) is -0.503. The van der Waals surface area contributed by atoms with Crippen LogP contribution in [-0.2, 0) is 9.53 Å². The molecule has 0 saturated heterocycles. The van der Waals surface area contributed by atoms with Crippen molar-refractivity contribution in [3.63, 3.8) is 0 Å². The second-order valence-corrected chi connectivity index (χ2v) is 5.16. The number of benzene rings is 1. The van der Waals surface area contributed by atoms with Gasteiger partial charge in [-0.05, 0) is 24.6 Å². The van der Waals surface area contributed by atoms with Gasteiger partial charge in [-0.1, -0.05) is 34.5 Å². The Labute approximate surface area is 114 Å². The number of ether oxygens (including phenoxy) is 1. The van der Waals surface area contributed by atoms with Gasteiger partial charge in [0.15, 0.2) is 0 Å². The summed E-state index contributed by atoms with van der Waals surface area (Å²) in [7, 11) is 1.33. The van der Waals surface area contributed by atoms with E-state index in [2.05, 4.69) is 20.7 Å². The lowest BCUT2D eigenvalue weighted by molar-refractivity contribution is -0.145. The summed E-state index contributed by atoms with van der Waals surface area (Å²) in [5.74, 6) is -0.708. The highest BCUT2D eigenvalue weighted by Gasteiger charge is 2.20. The van der Waals surface area contributed by atoms with Crippen LogP contribution in [0.15, 0.2) is 22.7 Å². The molecule has 0 aliphatic heterocycles. The van der Waals surface area contributed by atoms with E-state index >= 15 is 0 Å². The van der Waals surface area contributed by atoms with Crippen molar-refractivity contribution >= 4 is 33.5 Å². The average molecular weight is 322 g/mol. The van der Waals surface area contributed by atoms with Crippen LogP contribution in [0.4, 0.5) is 0 Å². The first-order valence-electron chi connectivity index (χ1n) is 5.16. The summed E-state index contributed by atoms with van der Waals surface area (Å²) in [4.78, 5) is 11.3. The number of aliphatic hydroxyl groups is 1. The first-order chi connectivity index (χ1) is 7.95. The second kappa shape index (κ2) is 6.38. The van der Waals surface area contributed by atoms with E-state index in [9.17, 15) is 9.90 Å². The Bertz CT molecular complexity index is 409. The van der Waals surface area contributed by atoms with Gasteiger partial charge in [0, 0.05) is 15.1 Å². The summed E-state index contributed by atoms with van der Waals surface area (Å²) < 4.78 is 5.45. The van der Waals surface area contributed by atoms with Gasteiger partial charge in [0.05, 0.1) is 19.1 Å². The third-order valence-electron chi connectivity index (χ3n) is 2.50. The van der Waals surface area contributed by atoms with Gasteiger partial charge in [-0.3, -0.25) is 4.79 Å².